The maximum Gasteiger partial charge on any atom is 0.352 e. The summed E-state index contributed by atoms with van der Waals surface area (Å²) in [6.07, 6.45) is 2.15. The molecule has 0 radical (unpaired) electrons. The van der Waals surface area contributed by atoms with Crippen LogP contribution in [0.4, 0.5) is 17.3 Å². The summed E-state index contributed by atoms with van der Waals surface area (Å²) in [6.45, 7) is 1.99. The normalized spacial score (nSPS) is 19.2. The summed E-state index contributed by atoms with van der Waals surface area (Å²) in [6, 6.07) is 0. The lowest BCUT2D eigenvalue weighted by Gasteiger charge is -2.10. The van der Waals surface area contributed by atoms with E-state index in [2.05, 4.69) is 15.3 Å². The van der Waals surface area contributed by atoms with Crippen molar-refractivity contribution in [1.29, 1.82) is 0 Å². The van der Waals surface area contributed by atoms with Crippen molar-refractivity contribution < 1.29 is 9.66 Å². The van der Waals surface area contributed by atoms with Crippen LogP contribution < -0.4 is 11.1 Å². The molecular formula is C9H13N5O3. The molecule has 0 saturated carbocycles. The Bertz CT molecular complexity index is 419. The molecule has 1 aromatic heterocycles. The number of nitro groups is 1. The number of anilines is 2. The molecule has 2 heterocycles. The van der Waals surface area contributed by atoms with Gasteiger partial charge >= 0.3 is 5.69 Å². The van der Waals surface area contributed by atoms with Gasteiger partial charge in [0, 0.05) is 19.1 Å². The zero-order chi connectivity index (χ0) is 12.3. The standard InChI is InChI=1S/C9H13N5O3/c10-8-7(14(15)16)9(13-5-12-8)11-3-6-1-2-17-4-6/h5-6H,1-4H2,(H3,10,11,12,13). The van der Waals surface area contributed by atoms with Crippen molar-refractivity contribution in [2.75, 3.05) is 30.8 Å². The van der Waals surface area contributed by atoms with Crippen molar-refractivity contribution in [3.63, 3.8) is 0 Å². The minimum Gasteiger partial charge on any atom is -0.381 e. The van der Waals surface area contributed by atoms with Crippen molar-refractivity contribution >= 4 is 17.3 Å². The fourth-order valence-electron chi connectivity index (χ4n) is 1.69. The number of aromatic nitrogens is 2. The van der Waals surface area contributed by atoms with Gasteiger partial charge in [0.15, 0.2) is 0 Å². The molecule has 92 valence electrons. The Morgan fingerprint density at radius 2 is 2.47 bits per heavy atom. The van der Waals surface area contributed by atoms with Gasteiger partial charge in [0.1, 0.15) is 6.33 Å². The van der Waals surface area contributed by atoms with Gasteiger partial charge in [-0.25, -0.2) is 9.97 Å². The van der Waals surface area contributed by atoms with Crippen LogP contribution in [0.5, 0.6) is 0 Å². The van der Waals surface area contributed by atoms with Crippen LogP contribution in [0, 0.1) is 16.0 Å². The molecule has 0 amide bonds. The molecule has 0 aromatic carbocycles. The van der Waals surface area contributed by atoms with E-state index in [4.69, 9.17) is 10.5 Å². The number of rotatable bonds is 4. The van der Waals surface area contributed by atoms with Crippen LogP contribution in [0.2, 0.25) is 0 Å². The minimum atomic E-state index is -0.581. The highest BCUT2D eigenvalue weighted by Crippen LogP contribution is 2.26. The molecule has 8 heteroatoms. The van der Waals surface area contributed by atoms with Crippen molar-refractivity contribution in [1.82, 2.24) is 9.97 Å². The molecule has 0 bridgehead atoms. The highest BCUT2D eigenvalue weighted by molar-refractivity contribution is 5.67. The lowest BCUT2D eigenvalue weighted by Crippen LogP contribution is -2.16. The van der Waals surface area contributed by atoms with E-state index in [0.29, 0.717) is 19.1 Å². The molecule has 1 saturated heterocycles. The van der Waals surface area contributed by atoms with Gasteiger partial charge in [-0.1, -0.05) is 0 Å². The van der Waals surface area contributed by atoms with E-state index in [-0.39, 0.29) is 17.3 Å². The molecule has 0 aliphatic carbocycles. The van der Waals surface area contributed by atoms with E-state index in [1.54, 1.807) is 0 Å². The Morgan fingerprint density at radius 1 is 1.65 bits per heavy atom. The third-order valence-corrected chi connectivity index (χ3v) is 2.62. The molecule has 1 aliphatic rings. The maximum absolute atomic E-state index is 10.8. The Balaban J connectivity index is 2.09. The second kappa shape index (κ2) is 4.91. The Hall–Kier alpha value is -1.96. The van der Waals surface area contributed by atoms with Crippen LogP contribution in [0.1, 0.15) is 6.42 Å². The molecule has 1 fully saturated rings. The van der Waals surface area contributed by atoms with E-state index in [1.165, 1.54) is 6.33 Å². The monoisotopic (exact) mass is 239 g/mol. The Kier molecular flexibility index (Phi) is 3.33. The van der Waals surface area contributed by atoms with Crippen molar-refractivity contribution in [3.8, 4) is 0 Å². The first kappa shape index (κ1) is 11.5. The lowest BCUT2D eigenvalue weighted by molar-refractivity contribution is -0.383. The SMILES string of the molecule is Nc1ncnc(NCC2CCOC2)c1[N+](=O)[O-]. The van der Waals surface area contributed by atoms with E-state index in [0.717, 1.165) is 13.0 Å². The Morgan fingerprint density at radius 3 is 3.12 bits per heavy atom. The van der Waals surface area contributed by atoms with E-state index < -0.39 is 4.92 Å². The summed E-state index contributed by atoms with van der Waals surface area (Å²) in [5, 5.41) is 13.7. The molecule has 1 aliphatic heterocycles. The zero-order valence-electron chi connectivity index (χ0n) is 9.13. The summed E-state index contributed by atoms with van der Waals surface area (Å²) in [5.74, 6) is 0.385. The number of nitrogens with zero attached hydrogens (tertiary/aromatic N) is 3. The molecule has 8 nitrogen and oxygen atoms in total. The van der Waals surface area contributed by atoms with Gasteiger partial charge in [-0.2, -0.15) is 0 Å². The second-order valence-corrected chi connectivity index (χ2v) is 3.82. The van der Waals surface area contributed by atoms with Crippen LogP contribution in [-0.2, 0) is 4.74 Å². The third-order valence-electron chi connectivity index (χ3n) is 2.62. The average molecular weight is 239 g/mol. The first-order valence-corrected chi connectivity index (χ1v) is 5.25. The predicted octanol–water partition coefficient (Wildman–Crippen LogP) is 0.415. The number of nitrogens with one attached hydrogen (secondary N) is 1. The van der Waals surface area contributed by atoms with E-state index in [9.17, 15) is 10.1 Å². The van der Waals surface area contributed by atoms with Gasteiger partial charge in [0.2, 0.25) is 11.6 Å². The first-order chi connectivity index (χ1) is 8.18. The number of hydrogen-bond donors (Lipinski definition) is 2. The number of nitrogens with two attached hydrogens (primary N) is 1. The Labute approximate surface area is 97.3 Å². The molecule has 2 rings (SSSR count). The van der Waals surface area contributed by atoms with Gasteiger partial charge in [-0.05, 0) is 6.42 Å². The van der Waals surface area contributed by atoms with E-state index in [1.807, 2.05) is 0 Å². The number of ether oxygens (including phenoxy) is 1. The highest BCUT2D eigenvalue weighted by atomic mass is 16.6. The maximum atomic E-state index is 10.8. The fourth-order valence-corrected chi connectivity index (χ4v) is 1.69. The van der Waals surface area contributed by atoms with Gasteiger partial charge in [-0.3, -0.25) is 10.1 Å². The summed E-state index contributed by atoms with van der Waals surface area (Å²) < 4.78 is 5.22. The average Bonchev–Trinajstić information content (AvgIpc) is 2.78. The molecular weight excluding hydrogens is 226 g/mol. The van der Waals surface area contributed by atoms with Crippen LogP contribution in [0.3, 0.4) is 0 Å². The van der Waals surface area contributed by atoms with Crippen molar-refractivity contribution in [2.45, 2.75) is 6.42 Å². The number of hydrogen-bond acceptors (Lipinski definition) is 7. The second-order valence-electron chi connectivity index (χ2n) is 3.82. The lowest BCUT2D eigenvalue weighted by atomic mass is 10.1. The van der Waals surface area contributed by atoms with E-state index >= 15 is 0 Å². The molecule has 3 N–H and O–H groups in total. The third kappa shape index (κ3) is 2.59. The highest BCUT2D eigenvalue weighted by Gasteiger charge is 2.22. The summed E-state index contributed by atoms with van der Waals surface area (Å²) in [5.41, 5.74) is 5.18. The smallest absolute Gasteiger partial charge is 0.352 e. The fraction of sp³-hybridized carbons (Fsp3) is 0.556. The molecule has 1 unspecified atom stereocenters. The van der Waals surface area contributed by atoms with Crippen LogP contribution in [0.15, 0.2) is 6.33 Å². The summed E-state index contributed by atoms with van der Waals surface area (Å²) in [7, 11) is 0. The topological polar surface area (TPSA) is 116 Å². The zero-order valence-corrected chi connectivity index (χ0v) is 9.13. The van der Waals surface area contributed by atoms with Gasteiger partial charge in [-0.15, -0.1) is 0 Å². The van der Waals surface area contributed by atoms with Crippen molar-refractivity contribution in [3.05, 3.63) is 16.4 Å². The molecule has 1 atom stereocenters. The first-order valence-electron chi connectivity index (χ1n) is 5.25. The van der Waals surface area contributed by atoms with Gasteiger partial charge in [0.25, 0.3) is 0 Å². The minimum absolute atomic E-state index is 0.129. The molecule has 0 spiro atoms. The quantitative estimate of drug-likeness (QED) is 0.577. The van der Waals surface area contributed by atoms with Crippen LogP contribution in [0.25, 0.3) is 0 Å². The summed E-state index contributed by atoms with van der Waals surface area (Å²) in [4.78, 5) is 17.7. The largest absolute Gasteiger partial charge is 0.381 e. The molecule has 1 aromatic rings. The molecule has 17 heavy (non-hydrogen) atoms. The number of nitrogen functional groups attached to an aromatic ring is 1. The summed E-state index contributed by atoms with van der Waals surface area (Å²) >= 11 is 0. The van der Waals surface area contributed by atoms with Crippen molar-refractivity contribution in [2.24, 2.45) is 5.92 Å². The predicted molar refractivity (Wildman–Crippen MR) is 60.5 cm³/mol. The van der Waals surface area contributed by atoms with Gasteiger partial charge in [0.05, 0.1) is 11.5 Å². The van der Waals surface area contributed by atoms with Gasteiger partial charge < -0.3 is 15.8 Å². The van der Waals surface area contributed by atoms with Crippen LogP contribution in [-0.4, -0.2) is 34.6 Å². The van der Waals surface area contributed by atoms with Crippen LogP contribution >= 0.6 is 0 Å².